The summed E-state index contributed by atoms with van der Waals surface area (Å²) in [6.07, 6.45) is 4.49. The molecule has 5 nitrogen and oxygen atoms in total. The molecule has 0 amide bonds. The van der Waals surface area contributed by atoms with Gasteiger partial charge < -0.3 is 9.67 Å². The monoisotopic (exact) mass is 352 g/mol. The highest BCUT2D eigenvalue weighted by Gasteiger charge is 2.59. The van der Waals surface area contributed by atoms with Crippen molar-refractivity contribution < 1.29 is 14.7 Å². The highest BCUT2D eigenvalue weighted by atomic mass is 16.3. The van der Waals surface area contributed by atoms with Crippen LogP contribution in [0.5, 0.6) is 0 Å². The maximum Gasteiger partial charge on any atom is 0.247 e. The molecule has 4 heterocycles. The van der Waals surface area contributed by atoms with Crippen LogP contribution in [0.2, 0.25) is 0 Å². The zero-order valence-electron chi connectivity index (χ0n) is 15.1. The Morgan fingerprint density at radius 2 is 2.15 bits per heavy atom. The molecule has 5 rings (SSSR count). The molecule has 2 aromatic rings. The molecule has 3 aliphatic heterocycles. The number of ketones is 1. The van der Waals surface area contributed by atoms with E-state index in [4.69, 9.17) is 0 Å². The van der Waals surface area contributed by atoms with E-state index < -0.39 is 11.5 Å². The molecule has 3 aliphatic rings. The number of hydrogen-bond donors (Lipinski definition) is 1. The molecule has 1 aromatic heterocycles. The molecule has 3 atom stereocenters. The number of carbonyl (C=O) groups excluding carboxylic acids is 2. The number of carbonyl (C=O) groups is 2. The maximum absolute atomic E-state index is 12.7. The summed E-state index contributed by atoms with van der Waals surface area (Å²) in [7, 11) is 0. The zero-order valence-corrected chi connectivity index (χ0v) is 15.1. The average molecular weight is 352 g/mol. The summed E-state index contributed by atoms with van der Waals surface area (Å²) in [5.74, 6) is -0.727. The second kappa shape index (κ2) is 5.27. The predicted octanol–water partition coefficient (Wildman–Crippen LogP) is 2.55. The van der Waals surface area contributed by atoms with E-state index in [2.05, 4.69) is 17.9 Å². The molecular weight excluding hydrogens is 328 g/mol. The van der Waals surface area contributed by atoms with Gasteiger partial charge in [-0.05, 0) is 49.3 Å². The first-order valence-electron chi connectivity index (χ1n) is 9.64. The molecule has 0 aliphatic carbocycles. The minimum absolute atomic E-state index is 0.161. The van der Waals surface area contributed by atoms with Crippen molar-refractivity contribution in [1.82, 2.24) is 9.47 Å². The molecule has 0 saturated carbocycles. The summed E-state index contributed by atoms with van der Waals surface area (Å²) >= 11 is 0. The van der Waals surface area contributed by atoms with Crippen LogP contribution >= 0.6 is 0 Å². The van der Waals surface area contributed by atoms with Crippen molar-refractivity contribution in [3.8, 4) is 0 Å². The van der Waals surface area contributed by atoms with Gasteiger partial charge in [-0.1, -0.05) is 25.1 Å². The number of aliphatic hydroxyl groups is 1. The molecule has 1 fully saturated rings. The summed E-state index contributed by atoms with van der Waals surface area (Å²) in [4.78, 5) is 26.7. The highest BCUT2D eigenvalue weighted by Crippen LogP contribution is 2.60. The summed E-state index contributed by atoms with van der Waals surface area (Å²) in [5.41, 5.74) is 1.25. The summed E-state index contributed by atoms with van der Waals surface area (Å²) in [6.45, 7) is 4.24. The third kappa shape index (κ3) is 1.78. The Bertz CT molecular complexity index is 933. The van der Waals surface area contributed by atoms with Crippen LogP contribution in [0.15, 0.2) is 24.3 Å². The van der Waals surface area contributed by atoms with Gasteiger partial charge in [0.15, 0.2) is 6.29 Å². The SMILES string of the molecule is CCC12CCCN3CCc4c(n(c5ccccc45)[C@@](O)(C(=O)C=O)C1)[C@@H]32. The van der Waals surface area contributed by atoms with Crippen LogP contribution in [0, 0.1) is 5.41 Å². The summed E-state index contributed by atoms with van der Waals surface area (Å²) in [6, 6.07) is 8.20. The Hall–Kier alpha value is -1.98. The van der Waals surface area contributed by atoms with Gasteiger partial charge in [-0.15, -0.1) is 0 Å². The topological polar surface area (TPSA) is 62.5 Å². The van der Waals surface area contributed by atoms with E-state index in [-0.39, 0.29) is 11.5 Å². The number of hydrogen-bond acceptors (Lipinski definition) is 4. The fraction of sp³-hybridized carbons (Fsp3) is 0.524. The molecule has 136 valence electrons. The van der Waals surface area contributed by atoms with Crippen LogP contribution < -0.4 is 0 Å². The molecule has 1 N–H and O–H groups in total. The van der Waals surface area contributed by atoms with E-state index in [1.165, 1.54) is 5.56 Å². The largest absolute Gasteiger partial charge is 0.364 e. The predicted molar refractivity (Wildman–Crippen MR) is 97.8 cm³/mol. The minimum atomic E-state index is -1.78. The quantitative estimate of drug-likeness (QED) is 0.681. The van der Waals surface area contributed by atoms with Crippen molar-refractivity contribution in [3.63, 3.8) is 0 Å². The Kier molecular flexibility index (Phi) is 3.29. The zero-order chi connectivity index (χ0) is 18.1. The minimum Gasteiger partial charge on any atom is -0.364 e. The van der Waals surface area contributed by atoms with Crippen molar-refractivity contribution in [2.45, 2.75) is 50.8 Å². The van der Waals surface area contributed by atoms with E-state index in [0.717, 1.165) is 55.4 Å². The smallest absolute Gasteiger partial charge is 0.247 e. The second-order valence-corrected chi connectivity index (χ2v) is 8.20. The van der Waals surface area contributed by atoms with Crippen molar-refractivity contribution in [1.29, 1.82) is 0 Å². The third-order valence-electron chi connectivity index (χ3n) is 7.17. The lowest BCUT2D eigenvalue weighted by Crippen LogP contribution is -2.59. The first kappa shape index (κ1) is 16.2. The van der Waals surface area contributed by atoms with Gasteiger partial charge in [-0.25, -0.2) is 0 Å². The molecule has 5 heteroatoms. The number of rotatable bonds is 3. The lowest BCUT2D eigenvalue weighted by molar-refractivity contribution is -0.171. The number of benzene rings is 1. The number of aldehydes is 1. The molecule has 0 spiro atoms. The number of fused-ring (bicyclic) bond motifs is 3. The van der Waals surface area contributed by atoms with Gasteiger partial charge in [0.25, 0.3) is 0 Å². The Morgan fingerprint density at radius 1 is 1.35 bits per heavy atom. The molecule has 0 bridgehead atoms. The van der Waals surface area contributed by atoms with Crippen molar-refractivity contribution in [2.75, 3.05) is 13.1 Å². The van der Waals surface area contributed by atoms with E-state index in [1.807, 2.05) is 22.8 Å². The Labute approximate surface area is 152 Å². The van der Waals surface area contributed by atoms with Gasteiger partial charge in [0.2, 0.25) is 11.5 Å². The first-order valence-corrected chi connectivity index (χ1v) is 9.64. The standard InChI is InChI=1S/C21H24N2O3/c1-2-20-9-5-10-22-11-8-15-14-6-3-4-7-16(14)23(18(15)19(20)22)21(26,13-20)17(25)12-24/h3-4,6-7,12,19,26H,2,5,8-11,13H2,1H3/t19-,20?,21+/m1/s1. The van der Waals surface area contributed by atoms with Crippen LogP contribution in [0.3, 0.4) is 0 Å². The van der Waals surface area contributed by atoms with E-state index in [0.29, 0.717) is 12.7 Å². The number of piperidine rings is 1. The number of aromatic nitrogens is 1. The fourth-order valence-corrected chi connectivity index (χ4v) is 6.06. The Morgan fingerprint density at radius 3 is 2.92 bits per heavy atom. The molecule has 26 heavy (non-hydrogen) atoms. The Balaban J connectivity index is 1.91. The molecule has 1 saturated heterocycles. The third-order valence-corrected chi connectivity index (χ3v) is 7.17. The molecule has 1 aromatic carbocycles. The molecule has 1 unspecified atom stereocenters. The van der Waals surface area contributed by atoms with Gasteiger partial charge >= 0.3 is 0 Å². The van der Waals surface area contributed by atoms with Gasteiger partial charge in [-0.3, -0.25) is 14.5 Å². The van der Waals surface area contributed by atoms with Crippen LogP contribution in [0.1, 0.15) is 49.9 Å². The van der Waals surface area contributed by atoms with Gasteiger partial charge in [-0.2, -0.15) is 0 Å². The number of Topliss-reactive ketones (excluding diaryl/α,β-unsaturated/α-hetero) is 1. The lowest BCUT2D eigenvalue weighted by Gasteiger charge is -2.58. The summed E-state index contributed by atoms with van der Waals surface area (Å²) < 4.78 is 1.81. The number of para-hydroxylation sites is 1. The van der Waals surface area contributed by atoms with E-state index in [9.17, 15) is 14.7 Å². The van der Waals surface area contributed by atoms with Crippen LogP contribution in [-0.4, -0.2) is 39.7 Å². The van der Waals surface area contributed by atoms with E-state index >= 15 is 0 Å². The van der Waals surface area contributed by atoms with Crippen LogP contribution in [-0.2, 0) is 21.7 Å². The summed E-state index contributed by atoms with van der Waals surface area (Å²) in [5, 5.41) is 12.7. The van der Waals surface area contributed by atoms with Gasteiger partial charge in [0.1, 0.15) is 0 Å². The van der Waals surface area contributed by atoms with Crippen molar-refractivity contribution >= 4 is 23.0 Å². The maximum atomic E-state index is 12.7. The second-order valence-electron chi connectivity index (χ2n) is 8.20. The molecule has 0 radical (unpaired) electrons. The lowest BCUT2D eigenvalue weighted by atomic mass is 9.61. The normalized spacial score (nSPS) is 33.1. The van der Waals surface area contributed by atoms with Crippen LogP contribution in [0.25, 0.3) is 10.9 Å². The van der Waals surface area contributed by atoms with Gasteiger partial charge in [0, 0.05) is 24.0 Å². The highest BCUT2D eigenvalue weighted by molar-refractivity contribution is 6.28. The fourth-order valence-electron chi connectivity index (χ4n) is 6.06. The van der Waals surface area contributed by atoms with E-state index in [1.54, 1.807) is 0 Å². The first-order chi connectivity index (χ1) is 12.6. The molecular formula is C21H24N2O3. The van der Waals surface area contributed by atoms with Gasteiger partial charge in [0.05, 0.1) is 11.6 Å². The number of nitrogens with zero attached hydrogens (tertiary/aromatic N) is 2. The van der Waals surface area contributed by atoms with Crippen LogP contribution in [0.4, 0.5) is 0 Å². The van der Waals surface area contributed by atoms with Crippen molar-refractivity contribution in [3.05, 3.63) is 35.5 Å². The average Bonchev–Trinajstić information content (AvgIpc) is 3.02. The van der Waals surface area contributed by atoms with Crippen molar-refractivity contribution in [2.24, 2.45) is 5.41 Å².